The lowest BCUT2D eigenvalue weighted by Gasteiger charge is -2.11. The number of nitro groups is 1. The van der Waals surface area contributed by atoms with E-state index in [0.717, 1.165) is 0 Å². The van der Waals surface area contributed by atoms with Gasteiger partial charge in [0.15, 0.2) is 17.3 Å². The van der Waals surface area contributed by atoms with Crippen LogP contribution < -0.4 is 14.8 Å². The third-order valence-electron chi connectivity index (χ3n) is 2.52. The van der Waals surface area contributed by atoms with Gasteiger partial charge in [-0.05, 0) is 0 Å². The molecule has 106 valence electrons. The first-order valence-electron chi connectivity index (χ1n) is 5.52. The summed E-state index contributed by atoms with van der Waals surface area (Å²) in [7, 11) is 2.86. The number of nitrogens with one attached hydrogen (secondary N) is 2. The number of aromatic amines is 1. The quantitative estimate of drug-likeness (QED) is 0.585. The van der Waals surface area contributed by atoms with E-state index in [0.29, 0.717) is 11.6 Å². The number of hydrogen-bond donors (Lipinski definition) is 2. The summed E-state index contributed by atoms with van der Waals surface area (Å²) in [5.41, 5.74) is 0.142. The highest BCUT2D eigenvalue weighted by molar-refractivity contribution is 5.68. The van der Waals surface area contributed by atoms with Crippen molar-refractivity contribution in [2.45, 2.75) is 6.54 Å². The molecular formula is C10H12N6O4. The minimum atomic E-state index is -0.513. The second-order valence-corrected chi connectivity index (χ2v) is 3.66. The summed E-state index contributed by atoms with van der Waals surface area (Å²) in [5.74, 6) is 1.05. The highest BCUT2D eigenvalue weighted by Crippen LogP contribution is 2.37. The number of anilines is 1. The molecule has 1 heterocycles. The summed E-state index contributed by atoms with van der Waals surface area (Å²) >= 11 is 0. The molecule has 10 nitrogen and oxygen atoms in total. The van der Waals surface area contributed by atoms with E-state index in [2.05, 4.69) is 25.9 Å². The lowest BCUT2D eigenvalue weighted by molar-refractivity contribution is -0.384. The Labute approximate surface area is 113 Å². The Balaban J connectivity index is 2.31. The third kappa shape index (κ3) is 2.74. The number of hydrogen-bond acceptors (Lipinski definition) is 8. The minimum Gasteiger partial charge on any atom is -0.493 e. The Morgan fingerprint density at radius 3 is 2.60 bits per heavy atom. The fraction of sp³-hybridized carbons (Fsp3) is 0.300. The number of nitrogens with zero attached hydrogens (tertiary/aromatic N) is 4. The average Bonchev–Trinajstić information content (AvgIpc) is 2.97. The summed E-state index contributed by atoms with van der Waals surface area (Å²) in [5, 5.41) is 27.1. The molecule has 0 atom stereocenters. The fourth-order valence-electron chi connectivity index (χ4n) is 1.59. The second kappa shape index (κ2) is 5.82. The Bertz CT molecular complexity index is 600. The van der Waals surface area contributed by atoms with E-state index in [1.165, 1.54) is 26.4 Å². The van der Waals surface area contributed by atoms with Crippen molar-refractivity contribution in [1.29, 1.82) is 0 Å². The van der Waals surface area contributed by atoms with E-state index in [1.54, 1.807) is 0 Å². The molecule has 10 heteroatoms. The number of methoxy groups -OCH3 is 2. The largest absolute Gasteiger partial charge is 0.493 e. The molecule has 0 bridgehead atoms. The SMILES string of the molecule is COc1cc(NCc2nn[nH]n2)c([N+](=O)[O-])cc1OC. The number of benzene rings is 1. The maximum atomic E-state index is 11.1. The van der Waals surface area contributed by atoms with E-state index < -0.39 is 4.92 Å². The van der Waals surface area contributed by atoms with Crippen LogP contribution in [0, 0.1) is 10.1 Å². The van der Waals surface area contributed by atoms with Crippen LogP contribution in [-0.4, -0.2) is 39.8 Å². The van der Waals surface area contributed by atoms with Crippen LogP contribution in [0.25, 0.3) is 0 Å². The Kier molecular flexibility index (Phi) is 3.93. The normalized spacial score (nSPS) is 10.1. The zero-order valence-corrected chi connectivity index (χ0v) is 10.8. The molecule has 2 N–H and O–H groups in total. The van der Waals surface area contributed by atoms with Gasteiger partial charge in [-0.1, -0.05) is 5.21 Å². The molecule has 0 fully saturated rings. The topological polar surface area (TPSA) is 128 Å². The molecule has 0 amide bonds. The second-order valence-electron chi connectivity index (χ2n) is 3.66. The van der Waals surface area contributed by atoms with Crippen LogP contribution in [0.4, 0.5) is 11.4 Å². The summed E-state index contributed by atoms with van der Waals surface area (Å²) in [6.45, 7) is 0.187. The van der Waals surface area contributed by atoms with Crippen molar-refractivity contribution in [2.75, 3.05) is 19.5 Å². The van der Waals surface area contributed by atoms with Crippen LogP contribution in [0.1, 0.15) is 5.82 Å². The van der Waals surface area contributed by atoms with Crippen molar-refractivity contribution in [3.8, 4) is 11.5 Å². The van der Waals surface area contributed by atoms with Gasteiger partial charge in [-0.2, -0.15) is 5.21 Å². The van der Waals surface area contributed by atoms with Gasteiger partial charge in [-0.15, -0.1) is 10.2 Å². The number of aromatic nitrogens is 4. The zero-order chi connectivity index (χ0) is 14.5. The van der Waals surface area contributed by atoms with Gasteiger partial charge in [0.05, 0.1) is 31.8 Å². The molecule has 0 saturated carbocycles. The number of nitro benzene ring substituents is 1. The predicted molar refractivity (Wildman–Crippen MR) is 67.7 cm³/mol. The van der Waals surface area contributed by atoms with Gasteiger partial charge < -0.3 is 14.8 Å². The molecule has 2 rings (SSSR count). The smallest absolute Gasteiger partial charge is 0.296 e. The van der Waals surface area contributed by atoms with E-state index in [-0.39, 0.29) is 23.7 Å². The molecular weight excluding hydrogens is 268 g/mol. The predicted octanol–water partition coefficient (Wildman–Crippen LogP) is 0.737. The van der Waals surface area contributed by atoms with E-state index in [4.69, 9.17) is 9.47 Å². The summed E-state index contributed by atoms with van der Waals surface area (Å²) in [6.07, 6.45) is 0. The lowest BCUT2D eigenvalue weighted by atomic mass is 10.2. The summed E-state index contributed by atoms with van der Waals surface area (Å²) < 4.78 is 10.1. The molecule has 0 spiro atoms. The van der Waals surface area contributed by atoms with Crippen molar-refractivity contribution in [2.24, 2.45) is 0 Å². The van der Waals surface area contributed by atoms with Gasteiger partial charge in [0, 0.05) is 6.07 Å². The zero-order valence-electron chi connectivity index (χ0n) is 10.8. The Morgan fingerprint density at radius 2 is 2.05 bits per heavy atom. The summed E-state index contributed by atoms with van der Waals surface area (Å²) in [6, 6.07) is 2.77. The van der Waals surface area contributed by atoms with Gasteiger partial charge in [0.1, 0.15) is 5.69 Å². The molecule has 0 saturated heterocycles. The van der Waals surface area contributed by atoms with Gasteiger partial charge >= 0.3 is 0 Å². The van der Waals surface area contributed by atoms with E-state index in [1.807, 2.05) is 0 Å². The molecule has 1 aromatic heterocycles. The average molecular weight is 280 g/mol. The minimum absolute atomic E-state index is 0.133. The molecule has 2 aromatic rings. The molecule has 0 aliphatic heterocycles. The van der Waals surface area contributed by atoms with E-state index in [9.17, 15) is 10.1 Å². The van der Waals surface area contributed by atoms with Gasteiger partial charge in [0.2, 0.25) is 0 Å². The van der Waals surface area contributed by atoms with E-state index >= 15 is 0 Å². The molecule has 0 radical (unpaired) electrons. The first-order chi connectivity index (χ1) is 9.65. The van der Waals surface area contributed by atoms with Crippen LogP contribution >= 0.6 is 0 Å². The van der Waals surface area contributed by atoms with Crippen LogP contribution in [-0.2, 0) is 6.54 Å². The molecule has 0 aliphatic rings. The molecule has 20 heavy (non-hydrogen) atoms. The van der Waals surface area contributed by atoms with Crippen molar-refractivity contribution in [1.82, 2.24) is 20.6 Å². The highest BCUT2D eigenvalue weighted by atomic mass is 16.6. The monoisotopic (exact) mass is 280 g/mol. The van der Waals surface area contributed by atoms with Crippen molar-refractivity contribution in [3.05, 3.63) is 28.1 Å². The number of H-pyrrole nitrogens is 1. The van der Waals surface area contributed by atoms with Gasteiger partial charge in [-0.3, -0.25) is 10.1 Å². The standard InChI is InChI=1S/C10H12N6O4/c1-19-8-3-6(11-5-10-12-14-15-13-10)7(16(17)18)4-9(8)20-2/h3-4,11H,5H2,1-2H3,(H,12,13,14,15). The van der Waals surface area contributed by atoms with Crippen LogP contribution in [0.5, 0.6) is 11.5 Å². The number of tetrazole rings is 1. The number of rotatable bonds is 6. The fourth-order valence-corrected chi connectivity index (χ4v) is 1.59. The number of ether oxygens (including phenoxy) is 2. The molecule has 1 aromatic carbocycles. The maximum absolute atomic E-state index is 11.1. The van der Waals surface area contributed by atoms with Crippen molar-refractivity contribution < 1.29 is 14.4 Å². The molecule has 0 unspecified atom stereocenters. The van der Waals surface area contributed by atoms with Crippen LogP contribution in [0.15, 0.2) is 12.1 Å². The Hall–Kier alpha value is -2.91. The third-order valence-corrected chi connectivity index (χ3v) is 2.52. The lowest BCUT2D eigenvalue weighted by Crippen LogP contribution is -2.05. The Morgan fingerprint density at radius 1 is 1.35 bits per heavy atom. The van der Waals surface area contributed by atoms with Crippen molar-refractivity contribution >= 4 is 11.4 Å². The van der Waals surface area contributed by atoms with Gasteiger partial charge in [-0.25, -0.2) is 0 Å². The van der Waals surface area contributed by atoms with Crippen LogP contribution in [0.3, 0.4) is 0 Å². The first-order valence-corrected chi connectivity index (χ1v) is 5.52. The summed E-state index contributed by atoms with van der Waals surface area (Å²) in [4.78, 5) is 10.6. The van der Waals surface area contributed by atoms with Crippen molar-refractivity contribution in [3.63, 3.8) is 0 Å². The highest BCUT2D eigenvalue weighted by Gasteiger charge is 2.19. The van der Waals surface area contributed by atoms with Crippen LogP contribution in [0.2, 0.25) is 0 Å². The first kappa shape index (κ1) is 13.5. The molecule has 0 aliphatic carbocycles. The maximum Gasteiger partial charge on any atom is 0.296 e. The van der Waals surface area contributed by atoms with Gasteiger partial charge in [0.25, 0.3) is 5.69 Å².